The average Bonchev–Trinajstić information content (AvgIpc) is 3.07. The van der Waals surface area contributed by atoms with E-state index in [1.165, 1.54) is 11.4 Å². The van der Waals surface area contributed by atoms with Gasteiger partial charge in [-0.1, -0.05) is 37.3 Å². The summed E-state index contributed by atoms with van der Waals surface area (Å²) in [5, 5.41) is 4.71. The van der Waals surface area contributed by atoms with Crippen LogP contribution in [-0.4, -0.2) is 52.2 Å². The number of aryl methyl sites for hydroxylation is 1. The molecule has 2 aromatic heterocycles. The predicted molar refractivity (Wildman–Crippen MR) is 102 cm³/mol. The third kappa shape index (κ3) is 2.78. The topological polar surface area (TPSA) is 36.7 Å². The SMILES string of the molecule is CCN1CCN(c2c(C)c(C)nc3c(-c4ccccc4)cnn23)CC1. The van der Waals surface area contributed by atoms with Gasteiger partial charge in [0.05, 0.1) is 6.20 Å². The van der Waals surface area contributed by atoms with Gasteiger partial charge in [-0.05, 0) is 26.0 Å². The maximum atomic E-state index is 4.86. The highest BCUT2D eigenvalue weighted by Gasteiger charge is 2.23. The molecule has 0 aliphatic carbocycles. The maximum absolute atomic E-state index is 4.86. The second kappa shape index (κ2) is 6.48. The Morgan fingerprint density at radius 3 is 2.40 bits per heavy atom. The van der Waals surface area contributed by atoms with Crippen LogP contribution in [0.15, 0.2) is 36.5 Å². The van der Waals surface area contributed by atoms with Gasteiger partial charge in [0.2, 0.25) is 0 Å². The summed E-state index contributed by atoms with van der Waals surface area (Å²) in [6.45, 7) is 11.9. The third-order valence-corrected chi connectivity index (χ3v) is 5.30. The lowest BCUT2D eigenvalue weighted by atomic mass is 10.1. The summed E-state index contributed by atoms with van der Waals surface area (Å²) in [6, 6.07) is 10.4. The lowest BCUT2D eigenvalue weighted by Crippen LogP contribution is -2.47. The van der Waals surface area contributed by atoms with Crippen LogP contribution in [0, 0.1) is 13.8 Å². The number of benzene rings is 1. The van der Waals surface area contributed by atoms with Crippen molar-refractivity contribution in [1.82, 2.24) is 19.5 Å². The average molecular weight is 335 g/mol. The molecule has 5 heteroatoms. The van der Waals surface area contributed by atoms with Gasteiger partial charge in [-0.25, -0.2) is 4.98 Å². The Labute approximate surface area is 148 Å². The second-order valence-electron chi connectivity index (χ2n) is 6.73. The minimum Gasteiger partial charge on any atom is -0.354 e. The lowest BCUT2D eigenvalue weighted by Gasteiger charge is -2.36. The smallest absolute Gasteiger partial charge is 0.165 e. The van der Waals surface area contributed by atoms with Gasteiger partial charge in [0, 0.05) is 43.0 Å². The molecule has 1 fully saturated rings. The number of likely N-dealkylation sites (N-methyl/N-ethyl adjacent to an activating group) is 1. The molecule has 0 amide bonds. The van der Waals surface area contributed by atoms with E-state index in [0.717, 1.165) is 55.2 Å². The highest BCUT2D eigenvalue weighted by atomic mass is 15.4. The monoisotopic (exact) mass is 335 g/mol. The van der Waals surface area contributed by atoms with Crippen molar-refractivity contribution in [2.24, 2.45) is 0 Å². The lowest BCUT2D eigenvalue weighted by molar-refractivity contribution is 0.270. The molecule has 130 valence electrons. The van der Waals surface area contributed by atoms with Crippen molar-refractivity contribution in [1.29, 1.82) is 0 Å². The van der Waals surface area contributed by atoms with Gasteiger partial charge in [0.25, 0.3) is 0 Å². The van der Waals surface area contributed by atoms with E-state index in [4.69, 9.17) is 10.1 Å². The highest BCUT2D eigenvalue weighted by molar-refractivity contribution is 5.78. The molecule has 0 unspecified atom stereocenters. The van der Waals surface area contributed by atoms with E-state index in [9.17, 15) is 0 Å². The van der Waals surface area contributed by atoms with Crippen LogP contribution >= 0.6 is 0 Å². The van der Waals surface area contributed by atoms with Crippen molar-refractivity contribution in [2.45, 2.75) is 20.8 Å². The summed E-state index contributed by atoms with van der Waals surface area (Å²) < 4.78 is 2.03. The predicted octanol–water partition coefficient (Wildman–Crippen LogP) is 3.16. The quantitative estimate of drug-likeness (QED) is 0.737. The number of fused-ring (bicyclic) bond motifs is 1. The second-order valence-corrected chi connectivity index (χ2v) is 6.73. The van der Waals surface area contributed by atoms with Gasteiger partial charge in [-0.2, -0.15) is 9.61 Å². The molecule has 5 nitrogen and oxygen atoms in total. The van der Waals surface area contributed by atoms with E-state index in [1.54, 1.807) is 0 Å². The Bertz CT molecular complexity index is 876. The van der Waals surface area contributed by atoms with Crippen LogP contribution < -0.4 is 4.90 Å². The normalized spacial score (nSPS) is 15.9. The van der Waals surface area contributed by atoms with Gasteiger partial charge in [-0.15, -0.1) is 0 Å². The number of hydrogen-bond acceptors (Lipinski definition) is 4. The first-order chi connectivity index (χ1) is 12.2. The van der Waals surface area contributed by atoms with E-state index in [1.807, 2.05) is 16.8 Å². The van der Waals surface area contributed by atoms with Crippen LogP contribution in [0.5, 0.6) is 0 Å². The molecule has 1 aliphatic heterocycles. The fourth-order valence-corrected chi connectivity index (χ4v) is 3.64. The molecule has 1 aliphatic rings. The Hall–Kier alpha value is -2.40. The minimum atomic E-state index is 0.947. The number of hydrogen-bond donors (Lipinski definition) is 0. The molecule has 3 aromatic rings. The summed E-state index contributed by atoms with van der Waals surface area (Å²) >= 11 is 0. The van der Waals surface area contributed by atoms with Crippen molar-refractivity contribution >= 4 is 11.5 Å². The molecule has 0 spiro atoms. The Kier molecular flexibility index (Phi) is 4.17. The number of rotatable bonds is 3. The van der Waals surface area contributed by atoms with Crippen LogP contribution in [0.2, 0.25) is 0 Å². The molecule has 1 saturated heterocycles. The van der Waals surface area contributed by atoms with Gasteiger partial charge >= 0.3 is 0 Å². The number of aromatic nitrogens is 3. The van der Waals surface area contributed by atoms with Crippen molar-refractivity contribution in [3.05, 3.63) is 47.8 Å². The minimum absolute atomic E-state index is 0.947. The zero-order valence-corrected chi connectivity index (χ0v) is 15.2. The van der Waals surface area contributed by atoms with E-state index in [2.05, 4.69) is 54.8 Å². The zero-order valence-electron chi connectivity index (χ0n) is 15.2. The van der Waals surface area contributed by atoms with Crippen molar-refractivity contribution < 1.29 is 0 Å². The van der Waals surface area contributed by atoms with Gasteiger partial charge in [0.15, 0.2) is 5.65 Å². The maximum Gasteiger partial charge on any atom is 0.165 e. The number of nitrogens with zero attached hydrogens (tertiary/aromatic N) is 5. The molecule has 4 rings (SSSR count). The van der Waals surface area contributed by atoms with Gasteiger partial charge in [-0.3, -0.25) is 0 Å². The molecule has 1 aromatic carbocycles. The molecule has 0 N–H and O–H groups in total. The fourth-order valence-electron chi connectivity index (χ4n) is 3.64. The van der Waals surface area contributed by atoms with Crippen LogP contribution in [0.25, 0.3) is 16.8 Å². The van der Waals surface area contributed by atoms with Crippen LogP contribution in [0.4, 0.5) is 5.82 Å². The summed E-state index contributed by atoms with van der Waals surface area (Å²) in [6.07, 6.45) is 1.95. The largest absolute Gasteiger partial charge is 0.354 e. The summed E-state index contributed by atoms with van der Waals surface area (Å²) in [7, 11) is 0. The van der Waals surface area contributed by atoms with Gasteiger partial charge in [0.1, 0.15) is 5.82 Å². The molecule has 0 saturated carbocycles. The first kappa shape index (κ1) is 16.1. The van der Waals surface area contributed by atoms with Crippen LogP contribution in [0.3, 0.4) is 0 Å². The van der Waals surface area contributed by atoms with E-state index < -0.39 is 0 Å². The van der Waals surface area contributed by atoms with Crippen LogP contribution in [-0.2, 0) is 0 Å². The van der Waals surface area contributed by atoms with E-state index in [0.29, 0.717) is 0 Å². The van der Waals surface area contributed by atoms with Gasteiger partial charge < -0.3 is 9.80 Å². The first-order valence-electron chi connectivity index (χ1n) is 9.06. The van der Waals surface area contributed by atoms with E-state index >= 15 is 0 Å². The Balaban J connectivity index is 1.82. The summed E-state index contributed by atoms with van der Waals surface area (Å²) in [5.41, 5.74) is 5.51. The third-order valence-electron chi connectivity index (χ3n) is 5.30. The van der Waals surface area contributed by atoms with Crippen molar-refractivity contribution in [2.75, 3.05) is 37.6 Å². The van der Waals surface area contributed by atoms with Crippen molar-refractivity contribution in [3.8, 4) is 11.1 Å². The first-order valence-corrected chi connectivity index (χ1v) is 9.06. The van der Waals surface area contributed by atoms with E-state index in [-0.39, 0.29) is 0 Å². The summed E-state index contributed by atoms with van der Waals surface area (Å²) in [5.74, 6) is 1.19. The Morgan fingerprint density at radius 1 is 1.00 bits per heavy atom. The fraction of sp³-hybridized carbons (Fsp3) is 0.400. The molecule has 25 heavy (non-hydrogen) atoms. The number of anilines is 1. The summed E-state index contributed by atoms with van der Waals surface area (Å²) in [4.78, 5) is 9.82. The molecule has 0 atom stereocenters. The Morgan fingerprint density at radius 2 is 1.72 bits per heavy atom. The molecule has 0 bridgehead atoms. The molecular formula is C20H25N5. The standard InChI is InChI=1S/C20H25N5/c1-4-23-10-12-24(13-11-23)20-15(2)16(3)22-19-18(14-21-25(19)20)17-8-6-5-7-9-17/h5-9,14H,4,10-13H2,1-3H3. The zero-order chi connectivity index (χ0) is 17.4. The highest BCUT2D eigenvalue weighted by Crippen LogP contribution is 2.30. The number of piperazine rings is 1. The molecule has 0 radical (unpaired) electrons. The molecule has 3 heterocycles. The van der Waals surface area contributed by atoms with Crippen LogP contribution in [0.1, 0.15) is 18.2 Å². The van der Waals surface area contributed by atoms with Crippen molar-refractivity contribution in [3.63, 3.8) is 0 Å². The molecular weight excluding hydrogens is 310 g/mol.